The van der Waals surface area contributed by atoms with Gasteiger partial charge in [0.2, 0.25) is 0 Å². The number of guanidine groups is 1. The molecule has 2 rings (SSSR count). The molecule has 0 radical (unpaired) electrons. The highest BCUT2D eigenvalue weighted by molar-refractivity contribution is 14.0. The van der Waals surface area contributed by atoms with Gasteiger partial charge >= 0.3 is 0 Å². The maximum absolute atomic E-state index is 4.57. The molecule has 6 heteroatoms. The van der Waals surface area contributed by atoms with E-state index in [9.17, 15) is 0 Å². The zero-order valence-corrected chi connectivity index (χ0v) is 17.1. The lowest BCUT2D eigenvalue weighted by Gasteiger charge is -2.09. The van der Waals surface area contributed by atoms with Gasteiger partial charge in [-0.2, -0.15) is 0 Å². The fraction of sp³-hybridized carbons (Fsp3) is 0.412. The smallest absolute Gasteiger partial charge is 0.191 e. The molecule has 23 heavy (non-hydrogen) atoms. The SMILES string of the molecule is CCNC(=NCCc1ccc(-c2csc(C)n2)cc1)NCC.I. The minimum atomic E-state index is 0. The fourth-order valence-corrected chi connectivity index (χ4v) is 2.77. The fourth-order valence-electron chi connectivity index (χ4n) is 2.14. The summed E-state index contributed by atoms with van der Waals surface area (Å²) in [4.78, 5) is 9.08. The molecule has 1 aromatic carbocycles. The lowest BCUT2D eigenvalue weighted by molar-refractivity contribution is 0.833. The Hall–Kier alpha value is -1.15. The van der Waals surface area contributed by atoms with Crippen LogP contribution in [0.2, 0.25) is 0 Å². The van der Waals surface area contributed by atoms with E-state index in [1.54, 1.807) is 11.3 Å². The van der Waals surface area contributed by atoms with Gasteiger partial charge in [-0.05, 0) is 32.8 Å². The molecule has 4 nitrogen and oxygen atoms in total. The van der Waals surface area contributed by atoms with Gasteiger partial charge in [0.25, 0.3) is 0 Å². The van der Waals surface area contributed by atoms with E-state index < -0.39 is 0 Å². The molecule has 0 saturated carbocycles. The number of thiazole rings is 1. The van der Waals surface area contributed by atoms with E-state index in [0.717, 1.165) is 42.7 Å². The molecule has 0 aliphatic carbocycles. The number of aryl methyl sites for hydroxylation is 1. The topological polar surface area (TPSA) is 49.3 Å². The Morgan fingerprint density at radius 3 is 2.30 bits per heavy atom. The highest BCUT2D eigenvalue weighted by Crippen LogP contribution is 2.21. The molecule has 0 fully saturated rings. The van der Waals surface area contributed by atoms with E-state index in [-0.39, 0.29) is 24.0 Å². The normalized spacial score (nSPS) is 9.87. The molecule has 0 amide bonds. The summed E-state index contributed by atoms with van der Waals surface area (Å²) in [5.74, 6) is 0.888. The van der Waals surface area contributed by atoms with Crippen molar-refractivity contribution in [1.29, 1.82) is 0 Å². The van der Waals surface area contributed by atoms with Crippen LogP contribution in [0.4, 0.5) is 0 Å². The molecular weight excluding hydrogens is 419 g/mol. The largest absolute Gasteiger partial charge is 0.357 e. The molecule has 0 aliphatic heterocycles. The van der Waals surface area contributed by atoms with E-state index in [2.05, 4.69) is 64.1 Å². The van der Waals surface area contributed by atoms with Crippen molar-refractivity contribution in [2.45, 2.75) is 27.2 Å². The van der Waals surface area contributed by atoms with Gasteiger partial charge in [-0.3, -0.25) is 4.99 Å². The highest BCUT2D eigenvalue weighted by Gasteiger charge is 2.02. The Morgan fingerprint density at radius 1 is 1.13 bits per heavy atom. The van der Waals surface area contributed by atoms with Crippen molar-refractivity contribution in [1.82, 2.24) is 15.6 Å². The maximum atomic E-state index is 4.57. The molecule has 0 spiro atoms. The van der Waals surface area contributed by atoms with Crippen LogP contribution >= 0.6 is 35.3 Å². The van der Waals surface area contributed by atoms with Crippen LogP contribution in [0.15, 0.2) is 34.6 Å². The lowest BCUT2D eigenvalue weighted by Crippen LogP contribution is -2.37. The summed E-state index contributed by atoms with van der Waals surface area (Å²) in [6.45, 7) is 8.73. The first-order valence-corrected chi connectivity index (χ1v) is 8.64. The van der Waals surface area contributed by atoms with Gasteiger partial charge in [0.05, 0.1) is 10.7 Å². The molecule has 1 aromatic heterocycles. The first-order chi connectivity index (χ1) is 10.7. The Labute approximate surface area is 159 Å². The van der Waals surface area contributed by atoms with Crippen LogP contribution in [0.3, 0.4) is 0 Å². The van der Waals surface area contributed by atoms with E-state index in [1.807, 2.05) is 6.92 Å². The van der Waals surface area contributed by atoms with Crippen molar-refractivity contribution in [3.8, 4) is 11.3 Å². The zero-order valence-electron chi connectivity index (χ0n) is 13.9. The lowest BCUT2D eigenvalue weighted by atomic mass is 10.1. The van der Waals surface area contributed by atoms with Crippen LogP contribution in [-0.2, 0) is 6.42 Å². The summed E-state index contributed by atoms with van der Waals surface area (Å²) in [5, 5.41) is 9.68. The minimum Gasteiger partial charge on any atom is -0.357 e. The maximum Gasteiger partial charge on any atom is 0.191 e. The molecule has 2 N–H and O–H groups in total. The second-order valence-corrected chi connectivity index (χ2v) is 6.05. The molecule has 0 atom stereocenters. The van der Waals surface area contributed by atoms with Crippen molar-refractivity contribution >= 4 is 41.3 Å². The third kappa shape index (κ3) is 6.47. The number of aromatic nitrogens is 1. The summed E-state index contributed by atoms with van der Waals surface area (Å²) in [7, 11) is 0. The second-order valence-electron chi connectivity index (χ2n) is 4.99. The minimum absolute atomic E-state index is 0. The van der Waals surface area contributed by atoms with Crippen LogP contribution in [0.5, 0.6) is 0 Å². The summed E-state index contributed by atoms with van der Waals surface area (Å²) in [6, 6.07) is 8.62. The summed E-state index contributed by atoms with van der Waals surface area (Å²) >= 11 is 1.69. The van der Waals surface area contributed by atoms with Crippen molar-refractivity contribution < 1.29 is 0 Å². The van der Waals surface area contributed by atoms with Gasteiger partial charge in [-0.15, -0.1) is 35.3 Å². The number of hydrogen-bond donors (Lipinski definition) is 2. The number of nitrogens with one attached hydrogen (secondary N) is 2. The van der Waals surface area contributed by atoms with Crippen LogP contribution < -0.4 is 10.6 Å². The molecule has 0 unspecified atom stereocenters. The van der Waals surface area contributed by atoms with E-state index in [4.69, 9.17) is 0 Å². The molecule has 1 heterocycles. The first kappa shape index (κ1) is 19.9. The van der Waals surface area contributed by atoms with Crippen LogP contribution in [0.25, 0.3) is 11.3 Å². The average Bonchev–Trinajstić information content (AvgIpc) is 2.95. The van der Waals surface area contributed by atoms with Gasteiger partial charge in [0.1, 0.15) is 0 Å². The Morgan fingerprint density at radius 2 is 1.78 bits per heavy atom. The van der Waals surface area contributed by atoms with Gasteiger partial charge in [0, 0.05) is 30.6 Å². The quantitative estimate of drug-likeness (QED) is 0.404. The molecule has 0 aliphatic rings. The Balaban J connectivity index is 0.00000264. The molecular formula is C17H25IN4S. The molecule has 0 bridgehead atoms. The number of nitrogens with zero attached hydrogens (tertiary/aromatic N) is 2. The van der Waals surface area contributed by atoms with Crippen LogP contribution in [0, 0.1) is 6.92 Å². The summed E-state index contributed by atoms with van der Waals surface area (Å²) in [5.41, 5.74) is 3.54. The number of halogens is 1. The summed E-state index contributed by atoms with van der Waals surface area (Å²) in [6.07, 6.45) is 0.941. The van der Waals surface area contributed by atoms with Crippen molar-refractivity contribution in [3.05, 3.63) is 40.2 Å². The van der Waals surface area contributed by atoms with Gasteiger partial charge in [-0.1, -0.05) is 24.3 Å². The average molecular weight is 444 g/mol. The third-order valence-corrected chi connectivity index (χ3v) is 4.00. The number of aliphatic imine (C=N–C) groups is 1. The number of rotatable bonds is 6. The van der Waals surface area contributed by atoms with Crippen molar-refractivity contribution in [3.63, 3.8) is 0 Å². The second kappa shape index (κ2) is 10.6. The standard InChI is InChI=1S/C17H24N4S.HI/c1-4-18-17(19-5-2)20-11-10-14-6-8-15(9-7-14)16-12-22-13(3)21-16;/h6-9,12H,4-5,10-11H2,1-3H3,(H2,18,19,20);1H. The molecule has 0 saturated heterocycles. The molecule has 2 aromatic rings. The first-order valence-electron chi connectivity index (χ1n) is 7.76. The van der Waals surface area contributed by atoms with Gasteiger partial charge in [-0.25, -0.2) is 4.98 Å². The van der Waals surface area contributed by atoms with Gasteiger partial charge in [0.15, 0.2) is 5.96 Å². The predicted octanol–water partition coefficient (Wildman–Crippen LogP) is 3.85. The monoisotopic (exact) mass is 444 g/mol. The summed E-state index contributed by atoms with van der Waals surface area (Å²) < 4.78 is 0. The van der Waals surface area contributed by atoms with E-state index >= 15 is 0 Å². The Bertz CT molecular complexity index is 599. The third-order valence-electron chi connectivity index (χ3n) is 3.23. The Kier molecular flexibility index (Phi) is 9.16. The number of benzene rings is 1. The van der Waals surface area contributed by atoms with Crippen molar-refractivity contribution in [2.75, 3.05) is 19.6 Å². The molecule has 126 valence electrons. The van der Waals surface area contributed by atoms with Crippen LogP contribution in [-0.4, -0.2) is 30.6 Å². The predicted molar refractivity (Wildman–Crippen MR) is 111 cm³/mol. The van der Waals surface area contributed by atoms with Crippen LogP contribution in [0.1, 0.15) is 24.4 Å². The van der Waals surface area contributed by atoms with E-state index in [1.165, 1.54) is 11.1 Å². The van der Waals surface area contributed by atoms with Crippen molar-refractivity contribution in [2.24, 2.45) is 4.99 Å². The van der Waals surface area contributed by atoms with Gasteiger partial charge < -0.3 is 10.6 Å². The van der Waals surface area contributed by atoms with E-state index in [0.29, 0.717) is 0 Å². The highest BCUT2D eigenvalue weighted by atomic mass is 127. The number of hydrogen-bond acceptors (Lipinski definition) is 3. The zero-order chi connectivity index (χ0) is 15.8.